The van der Waals surface area contributed by atoms with Crippen molar-refractivity contribution in [2.24, 2.45) is 7.05 Å². The van der Waals surface area contributed by atoms with Gasteiger partial charge in [0.05, 0.1) is 5.52 Å². The minimum absolute atomic E-state index is 0.0273. The summed E-state index contributed by atoms with van der Waals surface area (Å²) in [6.07, 6.45) is 0. The molecule has 0 fully saturated rings. The fourth-order valence-corrected chi connectivity index (χ4v) is 1.74. The molecule has 0 aliphatic rings. The molecule has 0 bridgehead atoms. The monoisotopic (exact) mass is 247 g/mol. The van der Waals surface area contributed by atoms with Crippen molar-refractivity contribution in [2.45, 2.75) is 0 Å². The molecule has 1 heterocycles. The Labute approximate surface area is 93.2 Å². The van der Waals surface area contributed by atoms with Crippen molar-refractivity contribution < 1.29 is 18.0 Å². The summed E-state index contributed by atoms with van der Waals surface area (Å²) in [6, 6.07) is 1.90. The van der Waals surface area contributed by atoms with E-state index in [-0.39, 0.29) is 16.6 Å². The summed E-state index contributed by atoms with van der Waals surface area (Å²) in [7, 11) is 1.41. The Kier molecular flexibility index (Phi) is 2.42. The molecule has 0 N–H and O–H groups in total. The first-order valence-corrected chi connectivity index (χ1v) is 4.64. The second-order valence-corrected chi connectivity index (χ2v) is 3.62. The van der Waals surface area contributed by atoms with Crippen LogP contribution in [0.1, 0.15) is 10.5 Å². The van der Waals surface area contributed by atoms with Gasteiger partial charge in [-0.3, -0.25) is 4.79 Å². The number of nitrogens with zero attached hydrogens (tertiary/aromatic N) is 1. The van der Waals surface area contributed by atoms with Crippen LogP contribution in [0.2, 0.25) is 0 Å². The molecule has 0 saturated carbocycles. The molecule has 0 spiro atoms. The SMILES string of the molecule is Cn1c(C(=O)Cl)cc2c(F)c(F)c(F)cc21. The number of carbonyl (C=O) groups excluding carboxylic acids is 1. The van der Waals surface area contributed by atoms with Crippen LogP contribution in [-0.4, -0.2) is 9.81 Å². The molecule has 0 aliphatic heterocycles. The second kappa shape index (κ2) is 3.52. The first-order valence-electron chi connectivity index (χ1n) is 4.26. The van der Waals surface area contributed by atoms with Gasteiger partial charge in [-0.15, -0.1) is 0 Å². The molecule has 0 radical (unpaired) electrons. The maximum absolute atomic E-state index is 13.3. The molecule has 0 atom stereocenters. The summed E-state index contributed by atoms with van der Waals surface area (Å²) in [4.78, 5) is 11.0. The number of rotatable bonds is 1. The predicted octanol–water partition coefficient (Wildman–Crippen LogP) is 2.97. The number of aryl methyl sites for hydroxylation is 1. The Morgan fingerprint density at radius 3 is 2.44 bits per heavy atom. The summed E-state index contributed by atoms with van der Waals surface area (Å²) in [5, 5.41) is -0.996. The van der Waals surface area contributed by atoms with E-state index in [0.717, 1.165) is 12.1 Å². The van der Waals surface area contributed by atoms with Crippen LogP contribution in [0.25, 0.3) is 10.9 Å². The van der Waals surface area contributed by atoms with E-state index >= 15 is 0 Å². The molecule has 2 aromatic rings. The molecule has 0 unspecified atom stereocenters. The maximum Gasteiger partial charge on any atom is 0.268 e. The zero-order valence-electron chi connectivity index (χ0n) is 8.02. The Bertz CT molecular complexity index is 606. The van der Waals surface area contributed by atoms with Crippen LogP contribution in [0.3, 0.4) is 0 Å². The van der Waals surface area contributed by atoms with Crippen LogP contribution in [-0.2, 0) is 7.05 Å². The molecule has 6 heteroatoms. The largest absolute Gasteiger partial charge is 0.340 e. The van der Waals surface area contributed by atoms with Gasteiger partial charge in [0.2, 0.25) is 0 Å². The maximum atomic E-state index is 13.3. The van der Waals surface area contributed by atoms with Crippen LogP contribution in [0.5, 0.6) is 0 Å². The van der Waals surface area contributed by atoms with Crippen LogP contribution < -0.4 is 0 Å². The van der Waals surface area contributed by atoms with Crippen molar-refractivity contribution in [3.8, 4) is 0 Å². The zero-order chi connectivity index (χ0) is 12.0. The molecule has 16 heavy (non-hydrogen) atoms. The third-order valence-corrected chi connectivity index (χ3v) is 2.58. The highest BCUT2D eigenvalue weighted by Gasteiger charge is 2.19. The smallest absolute Gasteiger partial charge is 0.268 e. The number of benzene rings is 1. The van der Waals surface area contributed by atoms with Gasteiger partial charge in [-0.25, -0.2) is 13.2 Å². The zero-order valence-corrected chi connectivity index (χ0v) is 8.78. The normalized spacial score (nSPS) is 11.1. The standard InChI is InChI=1S/C10H5ClF3NO/c1-15-6-3-5(12)9(14)8(13)4(6)2-7(15)10(11)16/h2-3H,1H3. The van der Waals surface area contributed by atoms with Gasteiger partial charge in [0.25, 0.3) is 5.24 Å². The lowest BCUT2D eigenvalue weighted by Crippen LogP contribution is -1.99. The van der Waals surface area contributed by atoms with Gasteiger partial charge in [0, 0.05) is 18.5 Å². The molecule has 2 rings (SSSR count). The van der Waals surface area contributed by atoms with Crippen LogP contribution in [0.15, 0.2) is 12.1 Å². The quantitative estimate of drug-likeness (QED) is 0.561. The number of hydrogen-bond donors (Lipinski definition) is 0. The van der Waals surface area contributed by atoms with E-state index in [1.54, 1.807) is 0 Å². The average Bonchev–Trinajstić information content (AvgIpc) is 2.54. The topological polar surface area (TPSA) is 22.0 Å². The Hall–Kier alpha value is -1.49. The molecule has 0 aliphatic carbocycles. The van der Waals surface area contributed by atoms with Gasteiger partial charge in [0.15, 0.2) is 17.5 Å². The van der Waals surface area contributed by atoms with Gasteiger partial charge in [-0.05, 0) is 17.7 Å². The minimum Gasteiger partial charge on any atom is -0.340 e. The number of halogens is 4. The number of hydrogen-bond acceptors (Lipinski definition) is 1. The first kappa shape index (κ1) is 11.0. The summed E-state index contributed by atoms with van der Waals surface area (Å²) >= 11 is 5.24. The molecule has 1 aromatic carbocycles. The Balaban J connectivity index is 2.92. The van der Waals surface area contributed by atoms with Gasteiger partial charge in [-0.2, -0.15) is 0 Å². The third kappa shape index (κ3) is 1.39. The van der Waals surface area contributed by atoms with E-state index in [1.807, 2.05) is 0 Å². The summed E-state index contributed by atoms with van der Waals surface area (Å²) in [5.74, 6) is -4.19. The highest BCUT2D eigenvalue weighted by Crippen LogP contribution is 2.26. The molecule has 2 nitrogen and oxygen atoms in total. The highest BCUT2D eigenvalue weighted by molar-refractivity contribution is 6.67. The number of carbonyl (C=O) groups is 1. The summed E-state index contributed by atoms with van der Waals surface area (Å²) < 4.78 is 40.4. The third-order valence-electron chi connectivity index (χ3n) is 2.38. The van der Waals surface area contributed by atoms with Crippen molar-refractivity contribution in [3.63, 3.8) is 0 Å². The van der Waals surface area contributed by atoms with Crippen molar-refractivity contribution >= 4 is 27.7 Å². The van der Waals surface area contributed by atoms with Crippen molar-refractivity contribution in [2.75, 3.05) is 0 Å². The lowest BCUT2D eigenvalue weighted by atomic mass is 10.2. The Morgan fingerprint density at radius 2 is 1.88 bits per heavy atom. The first-order chi connectivity index (χ1) is 7.43. The Morgan fingerprint density at radius 1 is 1.25 bits per heavy atom. The summed E-state index contributed by atoms with van der Waals surface area (Å²) in [6.45, 7) is 0. The van der Waals surface area contributed by atoms with E-state index in [0.29, 0.717) is 0 Å². The van der Waals surface area contributed by atoms with E-state index < -0.39 is 22.7 Å². The minimum atomic E-state index is -1.56. The van der Waals surface area contributed by atoms with Crippen LogP contribution >= 0.6 is 11.6 Å². The van der Waals surface area contributed by atoms with Crippen molar-refractivity contribution in [3.05, 3.63) is 35.3 Å². The van der Waals surface area contributed by atoms with Gasteiger partial charge < -0.3 is 4.57 Å². The van der Waals surface area contributed by atoms with Gasteiger partial charge in [0.1, 0.15) is 5.69 Å². The average molecular weight is 248 g/mol. The molecular weight excluding hydrogens is 243 g/mol. The predicted molar refractivity (Wildman–Crippen MR) is 53.0 cm³/mol. The van der Waals surface area contributed by atoms with Gasteiger partial charge >= 0.3 is 0 Å². The van der Waals surface area contributed by atoms with E-state index in [4.69, 9.17) is 11.6 Å². The van der Waals surface area contributed by atoms with Crippen LogP contribution in [0.4, 0.5) is 13.2 Å². The highest BCUT2D eigenvalue weighted by atomic mass is 35.5. The lowest BCUT2D eigenvalue weighted by molar-refractivity contribution is 0.107. The molecular formula is C10H5ClF3NO. The molecule has 1 aromatic heterocycles. The second-order valence-electron chi connectivity index (χ2n) is 3.28. The van der Waals surface area contributed by atoms with Crippen molar-refractivity contribution in [1.29, 1.82) is 0 Å². The molecule has 0 saturated heterocycles. The van der Waals surface area contributed by atoms with E-state index in [9.17, 15) is 18.0 Å². The molecule has 0 amide bonds. The van der Waals surface area contributed by atoms with E-state index in [2.05, 4.69) is 0 Å². The fraction of sp³-hybridized carbons (Fsp3) is 0.100. The molecule has 84 valence electrons. The van der Waals surface area contributed by atoms with Gasteiger partial charge in [-0.1, -0.05) is 0 Å². The van der Waals surface area contributed by atoms with Crippen LogP contribution in [0, 0.1) is 17.5 Å². The summed E-state index contributed by atoms with van der Waals surface area (Å²) in [5.41, 5.74) is 0.0426. The fourth-order valence-electron chi connectivity index (χ4n) is 1.56. The number of aromatic nitrogens is 1. The number of fused-ring (bicyclic) bond motifs is 1. The lowest BCUT2D eigenvalue weighted by Gasteiger charge is -2.00. The van der Waals surface area contributed by atoms with E-state index in [1.165, 1.54) is 11.6 Å². The van der Waals surface area contributed by atoms with Crippen molar-refractivity contribution in [1.82, 2.24) is 4.57 Å².